The number of hydrogen-bond donors (Lipinski definition) is 1. The number of benzene rings is 3. The van der Waals surface area contributed by atoms with E-state index in [0.29, 0.717) is 0 Å². The Bertz CT molecular complexity index is 925. The Labute approximate surface area is 126 Å². The van der Waals surface area contributed by atoms with Gasteiger partial charge in [-0.2, -0.15) is 0 Å². The lowest BCUT2D eigenvalue weighted by molar-refractivity contribution is 0.670. The number of nitrogens with one attached hydrogen (secondary N) is 1. The van der Waals surface area contributed by atoms with Gasteiger partial charge in [-0.05, 0) is 36.4 Å². The highest BCUT2D eigenvalue weighted by Crippen LogP contribution is 2.34. The monoisotopic (exact) mass is 293 g/mol. The van der Waals surface area contributed by atoms with Crippen LogP contribution in [0.4, 0.5) is 11.4 Å². The molecule has 0 radical (unpaired) electrons. The smallest absolute Gasteiger partial charge is 0.158 e. The molecule has 4 rings (SSSR count). The van der Waals surface area contributed by atoms with Crippen LogP contribution in [0.3, 0.4) is 0 Å². The highest BCUT2D eigenvalue weighted by Gasteiger charge is 2.10. The van der Waals surface area contributed by atoms with Gasteiger partial charge in [0.2, 0.25) is 0 Å². The number of furan rings is 1. The van der Waals surface area contributed by atoms with Crippen molar-refractivity contribution in [1.29, 1.82) is 0 Å². The van der Waals surface area contributed by atoms with Crippen LogP contribution >= 0.6 is 11.6 Å². The molecule has 4 aromatic rings. The summed E-state index contributed by atoms with van der Waals surface area (Å²) in [5.74, 6) is 0. The summed E-state index contributed by atoms with van der Waals surface area (Å²) in [7, 11) is 0. The fraction of sp³-hybridized carbons (Fsp3) is 0. The first-order chi connectivity index (χ1) is 10.3. The molecule has 0 aliphatic carbocycles. The number of halogens is 1. The molecule has 0 spiro atoms. The van der Waals surface area contributed by atoms with Gasteiger partial charge in [0.05, 0.1) is 5.69 Å². The summed E-state index contributed by atoms with van der Waals surface area (Å²) >= 11 is 5.92. The minimum atomic E-state index is 0.725. The first kappa shape index (κ1) is 12.3. The zero-order valence-corrected chi connectivity index (χ0v) is 11.9. The van der Waals surface area contributed by atoms with Crippen LogP contribution in [0.15, 0.2) is 71.1 Å². The first-order valence-corrected chi connectivity index (χ1v) is 7.12. The Morgan fingerprint density at radius 3 is 2.38 bits per heavy atom. The Morgan fingerprint density at radius 2 is 1.52 bits per heavy atom. The third-order valence-electron chi connectivity index (χ3n) is 3.53. The number of rotatable bonds is 2. The van der Waals surface area contributed by atoms with E-state index in [-0.39, 0.29) is 0 Å². The Balaban J connectivity index is 1.86. The maximum Gasteiger partial charge on any atom is 0.158 e. The third kappa shape index (κ3) is 2.14. The highest BCUT2D eigenvalue weighted by atomic mass is 35.5. The Morgan fingerprint density at radius 1 is 0.762 bits per heavy atom. The second-order valence-corrected chi connectivity index (χ2v) is 5.35. The van der Waals surface area contributed by atoms with Crippen molar-refractivity contribution >= 4 is 44.9 Å². The summed E-state index contributed by atoms with van der Waals surface area (Å²) < 4.78 is 5.99. The summed E-state index contributed by atoms with van der Waals surface area (Å²) in [6.45, 7) is 0. The molecule has 3 heteroatoms. The number of para-hydroxylation sites is 2. The molecule has 0 bridgehead atoms. The van der Waals surface area contributed by atoms with Gasteiger partial charge in [-0.25, -0.2) is 0 Å². The molecule has 102 valence electrons. The summed E-state index contributed by atoms with van der Waals surface area (Å²) in [5.41, 5.74) is 3.70. The lowest BCUT2D eigenvalue weighted by Gasteiger charge is -2.06. The molecule has 0 aliphatic heterocycles. The lowest BCUT2D eigenvalue weighted by atomic mass is 10.1. The molecule has 1 heterocycles. The standard InChI is InChI=1S/C18H12ClNO/c19-12-8-10-13(11-9-12)20-16-6-3-5-15-14-4-1-2-7-17(14)21-18(15)16/h1-11,20H. The molecule has 0 amide bonds. The van der Waals surface area contributed by atoms with Crippen molar-refractivity contribution in [2.24, 2.45) is 0 Å². The average Bonchev–Trinajstić information content (AvgIpc) is 2.89. The topological polar surface area (TPSA) is 25.2 Å². The van der Waals surface area contributed by atoms with Crippen LogP contribution in [-0.2, 0) is 0 Å². The first-order valence-electron chi connectivity index (χ1n) is 6.74. The van der Waals surface area contributed by atoms with E-state index in [9.17, 15) is 0 Å². The van der Waals surface area contributed by atoms with E-state index in [0.717, 1.165) is 38.3 Å². The van der Waals surface area contributed by atoms with Crippen LogP contribution in [0, 0.1) is 0 Å². The van der Waals surface area contributed by atoms with Gasteiger partial charge in [0, 0.05) is 21.5 Å². The molecule has 0 saturated carbocycles. The van der Waals surface area contributed by atoms with E-state index in [1.165, 1.54) is 0 Å². The van der Waals surface area contributed by atoms with Gasteiger partial charge in [-0.15, -0.1) is 0 Å². The predicted octanol–water partition coefficient (Wildman–Crippen LogP) is 5.98. The molecule has 0 fully saturated rings. The van der Waals surface area contributed by atoms with E-state index in [4.69, 9.17) is 16.0 Å². The van der Waals surface area contributed by atoms with Gasteiger partial charge in [0.15, 0.2) is 5.58 Å². The summed E-state index contributed by atoms with van der Waals surface area (Å²) in [5, 5.41) is 6.35. The van der Waals surface area contributed by atoms with Crippen LogP contribution < -0.4 is 5.32 Å². The maximum absolute atomic E-state index is 5.99. The Kier molecular flexibility index (Phi) is 2.83. The van der Waals surface area contributed by atoms with Crippen molar-refractivity contribution in [1.82, 2.24) is 0 Å². The molecule has 21 heavy (non-hydrogen) atoms. The molecular weight excluding hydrogens is 282 g/mol. The molecule has 3 aromatic carbocycles. The van der Waals surface area contributed by atoms with Crippen molar-refractivity contribution < 1.29 is 4.42 Å². The van der Waals surface area contributed by atoms with Gasteiger partial charge < -0.3 is 9.73 Å². The second kappa shape index (κ2) is 4.83. The fourth-order valence-corrected chi connectivity index (χ4v) is 2.66. The average molecular weight is 294 g/mol. The number of anilines is 2. The SMILES string of the molecule is Clc1ccc(Nc2cccc3c2oc2ccccc23)cc1. The minimum Gasteiger partial charge on any atom is -0.454 e. The van der Waals surface area contributed by atoms with Gasteiger partial charge in [0.25, 0.3) is 0 Å². The molecule has 1 N–H and O–H groups in total. The van der Waals surface area contributed by atoms with E-state index < -0.39 is 0 Å². The summed E-state index contributed by atoms with van der Waals surface area (Å²) in [6, 6.07) is 21.8. The third-order valence-corrected chi connectivity index (χ3v) is 3.78. The molecule has 0 aliphatic rings. The molecular formula is C18H12ClNO. The fourth-order valence-electron chi connectivity index (χ4n) is 2.53. The van der Waals surface area contributed by atoms with Crippen molar-refractivity contribution in [3.63, 3.8) is 0 Å². The van der Waals surface area contributed by atoms with Crippen LogP contribution in [0.25, 0.3) is 21.9 Å². The second-order valence-electron chi connectivity index (χ2n) is 4.91. The van der Waals surface area contributed by atoms with Crippen molar-refractivity contribution in [3.8, 4) is 0 Å². The predicted molar refractivity (Wildman–Crippen MR) is 88.5 cm³/mol. The summed E-state index contributed by atoms with van der Waals surface area (Å²) in [4.78, 5) is 0. The van der Waals surface area contributed by atoms with E-state index >= 15 is 0 Å². The van der Waals surface area contributed by atoms with Crippen molar-refractivity contribution in [2.75, 3.05) is 5.32 Å². The van der Waals surface area contributed by atoms with E-state index in [2.05, 4.69) is 17.4 Å². The van der Waals surface area contributed by atoms with Gasteiger partial charge >= 0.3 is 0 Å². The number of hydrogen-bond acceptors (Lipinski definition) is 2. The zero-order chi connectivity index (χ0) is 14.2. The number of fused-ring (bicyclic) bond motifs is 3. The largest absolute Gasteiger partial charge is 0.454 e. The molecule has 0 unspecified atom stereocenters. The normalized spacial score (nSPS) is 11.1. The minimum absolute atomic E-state index is 0.725. The Hall–Kier alpha value is -2.45. The molecule has 1 aromatic heterocycles. The molecule has 0 atom stereocenters. The van der Waals surface area contributed by atoms with E-state index in [1.807, 2.05) is 54.6 Å². The lowest BCUT2D eigenvalue weighted by Crippen LogP contribution is -1.89. The highest BCUT2D eigenvalue weighted by molar-refractivity contribution is 6.30. The van der Waals surface area contributed by atoms with Crippen molar-refractivity contribution in [3.05, 3.63) is 71.8 Å². The van der Waals surface area contributed by atoms with Crippen LogP contribution in [0.1, 0.15) is 0 Å². The van der Waals surface area contributed by atoms with Crippen molar-refractivity contribution in [2.45, 2.75) is 0 Å². The van der Waals surface area contributed by atoms with Gasteiger partial charge in [-0.3, -0.25) is 0 Å². The van der Waals surface area contributed by atoms with Crippen LogP contribution in [-0.4, -0.2) is 0 Å². The quantitative estimate of drug-likeness (QED) is 0.491. The van der Waals surface area contributed by atoms with Crippen LogP contribution in [0.5, 0.6) is 0 Å². The van der Waals surface area contributed by atoms with Gasteiger partial charge in [-0.1, -0.05) is 41.9 Å². The molecule has 0 saturated heterocycles. The summed E-state index contributed by atoms with van der Waals surface area (Å²) in [6.07, 6.45) is 0. The van der Waals surface area contributed by atoms with Crippen LogP contribution in [0.2, 0.25) is 5.02 Å². The zero-order valence-electron chi connectivity index (χ0n) is 11.1. The van der Waals surface area contributed by atoms with Gasteiger partial charge in [0.1, 0.15) is 5.58 Å². The molecule has 2 nitrogen and oxygen atoms in total. The maximum atomic E-state index is 5.99. The van der Waals surface area contributed by atoms with E-state index in [1.54, 1.807) is 0 Å².